The molecule has 78 valence electrons. The second kappa shape index (κ2) is 3.74. The molecule has 3 heteroatoms. The predicted octanol–water partition coefficient (Wildman–Crippen LogP) is 2.55. The summed E-state index contributed by atoms with van der Waals surface area (Å²) < 4.78 is 0. The molecule has 0 saturated carbocycles. The fraction of sp³-hybridized carbons (Fsp3) is 0.333. The van der Waals surface area contributed by atoms with E-state index in [1.807, 2.05) is 26.8 Å². The van der Waals surface area contributed by atoms with Crippen molar-refractivity contribution in [3.8, 4) is 6.07 Å². The van der Waals surface area contributed by atoms with Gasteiger partial charge < -0.3 is 5.11 Å². The van der Waals surface area contributed by atoms with E-state index in [1.165, 1.54) is 12.1 Å². The summed E-state index contributed by atoms with van der Waals surface area (Å²) in [6, 6.07) is 6.70. The molecule has 0 aliphatic carbocycles. The van der Waals surface area contributed by atoms with Crippen LogP contribution in [-0.2, 0) is 5.41 Å². The van der Waals surface area contributed by atoms with Crippen molar-refractivity contribution in [1.82, 2.24) is 0 Å². The normalized spacial score (nSPS) is 10.8. The number of aromatic carboxylic acids is 1. The second-order valence-electron chi connectivity index (χ2n) is 4.43. The SMILES string of the molecule is CC(C)(C)c1ccc(C(=O)O)cc1C#N. The third kappa shape index (κ3) is 2.35. The van der Waals surface area contributed by atoms with Gasteiger partial charge >= 0.3 is 5.97 Å². The van der Waals surface area contributed by atoms with E-state index < -0.39 is 5.97 Å². The van der Waals surface area contributed by atoms with Crippen LogP contribution in [0.4, 0.5) is 0 Å². The summed E-state index contributed by atoms with van der Waals surface area (Å²) >= 11 is 0. The lowest BCUT2D eigenvalue weighted by Gasteiger charge is -2.20. The summed E-state index contributed by atoms with van der Waals surface area (Å²) in [5.74, 6) is -1.01. The molecule has 15 heavy (non-hydrogen) atoms. The summed E-state index contributed by atoms with van der Waals surface area (Å²) in [5, 5.41) is 17.7. The van der Waals surface area contributed by atoms with Gasteiger partial charge in [-0.25, -0.2) is 4.79 Å². The number of carboxylic acid groups (broad SMARTS) is 1. The Morgan fingerprint density at radius 2 is 2.00 bits per heavy atom. The second-order valence-corrected chi connectivity index (χ2v) is 4.43. The summed E-state index contributed by atoms with van der Waals surface area (Å²) in [6.07, 6.45) is 0. The molecule has 3 nitrogen and oxygen atoms in total. The number of hydrogen-bond acceptors (Lipinski definition) is 2. The first-order valence-electron chi connectivity index (χ1n) is 4.64. The summed E-state index contributed by atoms with van der Waals surface area (Å²) in [4.78, 5) is 10.7. The van der Waals surface area contributed by atoms with Crippen LogP contribution in [0, 0.1) is 11.3 Å². The highest BCUT2D eigenvalue weighted by molar-refractivity contribution is 5.88. The Kier molecular flexibility index (Phi) is 2.81. The molecule has 0 radical (unpaired) electrons. The number of carbonyl (C=O) groups is 1. The fourth-order valence-corrected chi connectivity index (χ4v) is 1.42. The van der Waals surface area contributed by atoms with Gasteiger partial charge in [-0.2, -0.15) is 5.26 Å². The van der Waals surface area contributed by atoms with E-state index >= 15 is 0 Å². The maximum Gasteiger partial charge on any atom is 0.335 e. The molecule has 0 spiro atoms. The molecule has 1 N–H and O–H groups in total. The number of nitriles is 1. The maximum atomic E-state index is 10.7. The molecule has 0 amide bonds. The van der Waals surface area contributed by atoms with Crippen LogP contribution in [0.5, 0.6) is 0 Å². The summed E-state index contributed by atoms with van der Waals surface area (Å²) in [6.45, 7) is 5.97. The van der Waals surface area contributed by atoms with Crippen LogP contribution in [-0.4, -0.2) is 11.1 Å². The molecule has 1 rings (SSSR count). The number of benzene rings is 1. The van der Waals surface area contributed by atoms with Gasteiger partial charge in [0.15, 0.2) is 0 Å². The third-order valence-corrected chi connectivity index (χ3v) is 2.19. The first-order chi connectivity index (χ1) is 6.86. The van der Waals surface area contributed by atoms with E-state index in [4.69, 9.17) is 10.4 Å². The molecular formula is C12H13NO2. The minimum absolute atomic E-state index is 0.151. The highest BCUT2D eigenvalue weighted by Gasteiger charge is 2.19. The van der Waals surface area contributed by atoms with Gasteiger partial charge in [0.05, 0.1) is 17.2 Å². The number of hydrogen-bond donors (Lipinski definition) is 1. The lowest BCUT2D eigenvalue weighted by molar-refractivity contribution is 0.0697. The summed E-state index contributed by atoms with van der Waals surface area (Å²) in [7, 11) is 0. The van der Waals surface area contributed by atoms with Crippen molar-refractivity contribution >= 4 is 5.97 Å². The van der Waals surface area contributed by atoms with Crippen LogP contribution in [0.3, 0.4) is 0 Å². The molecule has 1 aromatic rings. The van der Waals surface area contributed by atoms with Crippen molar-refractivity contribution in [2.75, 3.05) is 0 Å². The predicted molar refractivity (Wildman–Crippen MR) is 56.8 cm³/mol. The van der Waals surface area contributed by atoms with Gasteiger partial charge in [-0.05, 0) is 23.1 Å². The van der Waals surface area contributed by atoms with Crippen molar-refractivity contribution in [3.05, 3.63) is 34.9 Å². The Labute approximate surface area is 89.0 Å². The minimum atomic E-state index is -1.01. The first-order valence-corrected chi connectivity index (χ1v) is 4.64. The number of nitrogens with zero attached hydrogens (tertiary/aromatic N) is 1. The fourth-order valence-electron chi connectivity index (χ4n) is 1.42. The van der Waals surface area contributed by atoms with E-state index in [1.54, 1.807) is 6.07 Å². The highest BCUT2D eigenvalue weighted by Crippen LogP contribution is 2.26. The van der Waals surface area contributed by atoms with Crippen molar-refractivity contribution in [3.63, 3.8) is 0 Å². The molecule has 0 aliphatic heterocycles. The Bertz CT molecular complexity index is 436. The minimum Gasteiger partial charge on any atom is -0.478 e. The Morgan fingerprint density at radius 1 is 1.40 bits per heavy atom. The molecule has 0 saturated heterocycles. The van der Waals surface area contributed by atoms with Crippen molar-refractivity contribution in [2.24, 2.45) is 0 Å². The topological polar surface area (TPSA) is 61.1 Å². The van der Waals surface area contributed by atoms with Crippen LogP contribution in [0.2, 0.25) is 0 Å². The Hall–Kier alpha value is -1.82. The zero-order chi connectivity index (χ0) is 11.6. The van der Waals surface area contributed by atoms with Crippen LogP contribution in [0.1, 0.15) is 42.3 Å². The molecule has 0 aliphatic rings. The average Bonchev–Trinajstić information content (AvgIpc) is 2.15. The quantitative estimate of drug-likeness (QED) is 0.763. The smallest absolute Gasteiger partial charge is 0.335 e. The van der Waals surface area contributed by atoms with E-state index in [0.29, 0.717) is 5.56 Å². The number of rotatable bonds is 1. The van der Waals surface area contributed by atoms with Gasteiger partial charge in [0.1, 0.15) is 0 Å². The van der Waals surface area contributed by atoms with Gasteiger partial charge in [0.25, 0.3) is 0 Å². The van der Waals surface area contributed by atoms with E-state index in [0.717, 1.165) is 5.56 Å². The van der Waals surface area contributed by atoms with E-state index in [2.05, 4.69) is 0 Å². The molecular weight excluding hydrogens is 190 g/mol. The van der Waals surface area contributed by atoms with Gasteiger partial charge in [-0.3, -0.25) is 0 Å². The lowest BCUT2D eigenvalue weighted by Crippen LogP contribution is -2.14. The van der Waals surface area contributed by atoms with Crippen LogP contribution < -0.4 is 0 Å². The van der Waals surface area contributed by atoms with Gasteiger partial charge in [0, 0.05) is 0 Å². The van der Waals surface area contributed by atoms with Gasteiger partial charge in [-0.15, -0.1) is 0 Å². The molecule has 0 unspecified atom stereocenters. The number of carboxylic acids is 1. The van der Waals surface area contributed by atoms with Gasteiger partial charge in [0.2, 0.25) is 0 Å². The zero-order valence-electron chi connectivity index (χ0n) is 9.03. The largest absolute Gasteiger partial charge is 0.478 e. The zero-order valence-corrected chi connectivity index (χ0v) is 9.03. The third-order valence-electron chi connectivity index (χ3n) is 2.19. The van der Waals surface area contributed by atoms with Crippen LogP contribution in [0.25, 0.3) is 0 Å². The van der Waals surface area contributed by atoms with Crippen molar-refractivity contribution in [1.29, 1.82) is 5.26 Å². The van der Waals surface area contributed by atoms with Crippen molar-refractivity contribution < 1.29 is 9.90 Å². The molecule has 0 aromatic heterocycles. The van der Waals surface area contributed by atoms with E-state index in [9.17, 15) is 4.79 Å². The average molecular weight is 203 g/mol. The Balaban J connectivity index is 3.36. The highest BCUT2D eigenvalue weighted by atomic mass is 16.4. The first kappa shape index (κ1) is 11.3. The standard InChI is InChI=1S/C12H13NO2/c1-12(2,3)10-5-4-8(11(14)15)6-9(10)7-13/h4-6H,1-3H3,(H,14,15). The molecule has 0 fully saturated rings. The van der Waals surface area contributed by atoms with E-state index in [-0.39, 0.29) is 11.0 Å². The Morgan fingerprint density at radius 3 is 2.40 bits per heavy atom. The van der Waals surface area contributed by atoms with Crippen LogP contribution in [0.15, 0.2) is 18.2 Å². The summed E-state index contributed by atoms with van der Waals surface area (Å²) in [5.41, 5.74) is 1.30. The van der Waals surface area contributed by atoms with Crippen molar-refractivity contribution in [2.45, 2.75) is 26.2 Å². The molecule has 0 heterocycles. The monoisotopic (exact) mass is 203 g/mol. The lowest BCUT2D eigenvalue weighted by atomic mass is 9.83. The van der Waals surface area contributed by atoms with Crippen LogP contribution >= 0.6 is 0 Å². The van der Waals surface area contributed by atoms with Gasteiger partial charge in [-0.1, -0.05) is 26.8 Å². The molecule has 1 aromatic carbocycles. The maximum absolute atomic E-state index is 10.7. The molecule has 0 atom stereocenters. The molecule has 0 bridgehead atoms.